The first-order valence-electron chi connectivity index (χ1n) is 8.52. The number of fused-ring (bicyclic) bond motifs is 1. The van der Waals surface area contributed by atoms with Crippen molar-refractivity contribution >= 4 is 0 Å². The Kier molecular flexibility index (Phi) is 4.40. The van der Waals surface area contributed by atoms with Gasteiger partial charge in [-0.1, -0.05) is 24.3 Å². The fourth-order valence-electron chi connectivity index (χ4n) is 3.04. The highest BCUT2D eigenvalue weighted by atomic mass is 16.7. The molecule has 4 rings (SSSR count). The summed E-state index contributed by atoms with van der Waals surface area (Å²) in [5, 5.41) is 0. The van der Waals surface area contributed by atoms with Crippen LogP contribution in [-0.4, -0.2) is 20.5 Å². The van der Waals surface area contributed by atoms with Crippen molar-refractivity contribution in [3.05, 3.63) is 60.7 Å². The van der Waals surface area contributed by atoms with Gasteiger partial charge in [-0.25, -0.2) is 0 Å². The van der Waals surface area contributed by atoms with E-state index in [2.05, 4.69) is 6.07 Å². The molecule has 0 bridgehead atoms. The molecule has 0 N–H and O–H groups in total. The van der Waals surface area contributed by atoms with Crippen molar-refractivity contribution in [1.82, 2.24) is 0 Å². The molecule has 4 nitrogen and oxygen atoms in total. The molecule has 131 valence electrons. The first-order valence-corrected chi connectivity index (χ1v) is 8.52. The van der Waals surface area contributed by atoms with Gasteiger partial charge in [-0.3, -0.25) is 0 Å². The molecular weight excluding hydrogens is 328 g/mol. The Morgan fingerprint density at radius 3 is 2.50 bits per heavy atom. The second kappa shape index (κ2) is 7.00. The van der Waals surface area contributed by atoms with Crippen LogP contribution in [0.2, 0.25) is 0 Å². The monoisotopic (exact) mass is 347 g/mol. The molecule has 0 saturated heterocycles. The van der Waals surface area contributed by atoms with Crippen LogP contribution < -0.4 is 18.9 Å². The first-order chi connectivity index (χ1) is 12.8. The van der Waals surface area contributed by atoms with E-state index in [0.29, 0.717) is 6.61 Å². The van der Waals surface area contributed by atoms with Gasteiger partial charge in [-0.2, -0.15) is 0 Å². The largest absolute Gasteiger partial charge is 0.497 e. The third-order valence-corrected chi connectivity index (χ3v) is 4.30. The zero-order chi connectivity index (χ0) is 17.9. The third-order valence-electron chi connectivity index (χ3n) is 4.30. The molecule has 0 saturated carbocycles. The van der Waals surface area contributed by atoms with Crippen LogP contribution in [0.4, 0.5) is 0 Å². The minimum Gasteiger partial charge on any atom is -0.497 e. The minimum absolute atomic E-state index is 0.261. The number of methoxy groups -OCH3 is 1. The Bertz CT molecular complexity index is 916. The number of ether oxygens (including phenoxy) is 4. The maximum absolute atomic E-state index is 6.02. The van der Waals surface area contributed by atoms with E-state index >= 15 is 0 Å². The van der Waals surface area contributed by atoms with Gasteiger partial charge in [0, 0.05) is 11.1 Å². The maximum Gasteiger partial charge on any atom is 0.231 e. The Labute approximate surface area is 152 Å². The Morgan fingerprint density at radius 1 is 0.962 bits per heavy atom. The molecule has 0 fully saturated rings. The van der Waals surface area contributed by atoms with Crippen LogP contribution in [-0.2, 0) is 0 Å². The summed E-state index contributed by atoms with van der Waals surface area (Å²) in [4.78, 5) is 0. The van der Waals surface area contributed by atoms with Gasteiger partial charge in [-0.15, -0.1) is 0 Å². The lowest BCUT2D eigenvalue weighted by atomic mass is 9.97. The Hall–Kier alpha value is -3.14. The third kappa shape index (κ3) is 2.94. The average molecular weight is 347 g/mol. The summed E-state index contributed by atoms with van der Waals surface area (Å²) in [6, 6.07) is 21.1. The quantitative estimate of drug-likeness (QED) is 0.654. The topological polar surface area (TPSA) is 36.9 Å². The van der Waals surface area contributed by atoms with Crippen LogP contribution in [0, 0.1) is 6.07 Å². The number of hydrogen-bond acceptors (Lipinski definition) is 4. The highest BCUT2D eigenvalue weighted by Crippen LogP contribution is 2.42. The van der Waals surface area contributed by atoms with Crippen LogP contribution in [0.3, 0.4) is 0 Å². The summed E-state index contributed by atoms with van der Waals surface area (Å²) in [7, 11) is 1.66. The molecule has 1 aliphatic rings. The average Bonchev–Trinajstić information content (AvgIpc) is 3.16. The van der Waals surface area contributed by atoms with E-state index in [1.807, 2.05) is 61.5 Å². The highest BCUT2D eigenvalue weighted by Gasteiger charge is 2.18. The van der Waals surface area contributed by atoms with Gasteiger partial charge in [0.2, 0.25) is 6.79 Å². The SMILES string of the molecule is CCOc1c(-c2ccc(OC)cc2)[c]ccc1-c1ccc2c(c1)OCO2. The van der Waals surface area contributed by atoms with E-state index < -0.39 is 0 Å². The molecule has 0 amide bonds. The normalized spacial score (nSPS) is 12.1. The van der Waals surface area contributed by atoms with Crippen LogP contribution in [0.15, 0.2) is 54.6 Å². The number of benzene rings is 3. The standard InChI is InChI=1S/C22H19O4/c1-3-24-22-18(15-7-10-17(23-2)11-8-15)5-4-6-19(22)16-9-12-20-21(13-16)26-14-25-20/h4,6-13H,3,14H2,1-2H3. The molecule has 0 aromatic heterocycles. The van der Waals surface area contributed by atoms with Gasteiger partial charge in [0.25, 0.3) is 0 Å². The Morgan fingerprint density at radius 2 is 1.73 bits per heavy atom. The molecule has 1 heterocycles. The van der Waals surface area contributed by atoms with E-state index in [-0.39, 0.29) is 6.79 Å². The van der Waals surface area contributed by atoms with Crippen LogP contribution in [0.25, 0.3) is 22.3 Å². The second-order valence-corrected chi connectivity index (χ2v) is 5.83. The van der Waals surface area contributed by atoms with Gasteiger partial charge in [0.1, 0.15) is 11.5 Å². The van der Waals surface area contributed by atoms with Gasteiger partial charge in [0.05, 0.1) is 13.7 Å². The molecule has 0 spiro atoms. The van der Waals surface area contributed by atoms with E-state index in [9.17, 15) is 0 Å². The van der Waals surface area contributed by atoms with Crippen molar-refractivity contribution in [2.45, 2.75) is 6.92 Å². The summed E-state index contributed by atoms with van der Waals surface area (Å²) in [5.74, 6) is 3.14. The molecule has 0 aliphatic carbocycles. The van der Waals surface area contributed by atoms with Crippen LogP contribution in [0.1, 0.15) is 6.92 Å². The molecule has 26 heavy (non-hydrogen) atoms. The summed E-state index contributed by atoms with van der Waals surface area (Å²) in [6.45, 7) is 2.81. The lowest BCUT2D eigenvalue weighted by molar-refractivity contribution is 0.174. The zero-order valence-electron chi connectivity index (χ0n) is 14.7. The van der Waals surface area contributed by atoms with E-state index in [1.165, 1.54) is 0 Å². The van der Waals surface area contributed by atoms with E-state index in [4.69, 9.17) is 18.9 Å². The van der Waals surface area contributed by atoms with Crippen molar-refractivity contribution in [2.24, 2.45) is 0 Å². The predicted molar refractivity (Wildman–Crippen MR) is 100.0 cm³/mol. The predicted octanol–water partition coefficient (Wildman–Crippen LogP) is 4.96. The summed E-state index contributed by atoms with van der Waals surface area (Å²) >= 11 is 0. The Balaban J connectivity index is 1.82. The van der Waals surface area contributed by atoms with E-state index in [1.54, 1.807) is 7.11 Å². The molecule has 0 atom stereocenters. The number of rotatable bonds is 5. The van der Waals surface area contributed by atoms with Crippen molar-refractivity contribution in [3.63, 3.8) is 0 Å². The molecule has 1 radical (unpaired) electrons. The van der Waals surface area contributed by atoms with Gasteiger partial charge in [0.15, 0.2) is 11.5 Å². The van der Waals surface area contributed by atoms with Crippen molar-refractivity contribution in [3.8, 4) is 45.3 Å². The van der Waals surface area contributed by atoms with Gasteiger partial charge >= 0.3 is 0 Å². The fraction of sp³-hybridized carbons (Fsp3) is 0.182. The smallest absolute Gasteiger partial charge is 0.231 e. The molecule has 3 aromatic rings. The molecule has 0 unspecified atom stereocenters. The molecule has 3 aromatic carbocycles. The van der Waals surface area contributed by atoms with Crippen molar-refractivity contribution < 1.29 is 18.9 Å². The minimum atomic E-state index is 0.261. The zero-order valence-corrected chi connectivity index (χ0v) is 14.7. The molecule has 4 heteroatoms. The van der Waals surface area contributed by atoms with Crippen molar-refractivity contribution in [1.29, 1.82) is 0 Å². The van der Waals surface area contributed by atoms with Crippen LogP contribution in [0.5, 0.6) is 23.0 Å². The summed E-state index contributed by atoms with van der Waals surface area (Å²) < 4.78 is 22.2. The summed E-state index contributed by atoms with van der Waals surface area (Å²) in [6.07, 6.45) is 0. The van der Waals surface area contributed by atoms with Crippen LogP contribution >= 0.6 is 0 Å². The second-order valence-electron chi connectivity index (χ2n) is 5.83. The maximum atomic E-state index is 6.02. The lowest BCUT2D eigenvalue weighted by Gasteiger charge is -2.16. The lowest BCUT2D eigenvalue weighted by Crippen LogP contribution is -1.97. The fourth-order valence-corrected chi connectivity index (χ4v) is 3.04. The molecular formula is C22H19O4. The van der Waals surface area contributed by atoms with Crippen molar-refractivity contribution in [2.75, 3.05) is 20.5 Å². The number of hydrogen-bond donors (Lipinski definition) is 0. The first kappa shape index (κ1) is 16.3. The van der Waals surface area contributed by atoms with Gasteiger partial charge < -0.3 is 18.9 Å². The summed E-state index contributed by atoms with van der Waals surface area (Å²) in [5.41, 5.74) is 3.96. The highest BCUT2D eigenvalue weighted by molar-refractivity contribution is 5.83. The molecule has 1 aliphatic heterocycles. The van der Waals surface area contributed by atoms with Gasteiger partial charge in [-0.05, 0) is 54.4 Å². The van der Waals surface area contributed by atoms with E-state index in [0.717, 1.165) is 45.3 Å².